The number of nitrogens with one attached hydrogen (secondary N) is 3. The van der Waals surface area contributed by atoms with E-state index in [-0.39, 0.29) is 29.3 Å². The number of morpholine rings is 1. The van der Waals surface area contributed by atoms with Crippen LogP contribution in [0.3, 0.4) is 0 Å². The standard InChI is InChI=1S/C49H53ClF3N9O7S2/c1-48(2)13-11-33(40(24-48)31-3-5-34(50)6-4-31)27-59-15-17-60(18-16-59)35-7-9-39(43(22-35)62-44-21-32-12-14-54-46(32)57-42(44)26-56-62)47(63)58-71(66,67)38-8-10-41(45(23-38)70(64,65)49(51,52)53)55-25-37-28-61(19-20-69-37)36-29-68-30-36/h3-10,12,14,21-23,26,36-37,55H,11,13,15-20,24-25,27-30H2,1-2H3,(H,54,57)(H,58,63). The van der Waals surface area contributed by atoms with Gasteiger partial charge in [0, 0.05) is 74.7 Å². The molecule has 6 heterocycles. The Balaban J connectivity index is 0.918. The molecule has 1 atom stereocenters. The first-order chi connectivity index (χ1) is 33.8. The number of ether oxygens (including phenoxy) is 2. The van der Waals surface area contributed by atoms with Crippen LogP contribution in [0.25, 0.3) is 33.3 Å². The fourth-order valence-electron chi connectivity index (χ4n) is 9.85. The number of rotatable bonds is 13. The number of hydrogen-bond donors (Lipinski definition) is 3. The molecule has 0 bridgehead atoms. The summed E-state index contributed by atoms with van der Waals surface area (Å²) < 4.78 is 111. The van der Waals surface area contributed by atoms with Crippen LogP contribution in [0.15, 0.2) is 101 Å². The molecule has 3 saturated heterocycles. The maximum Gasteiger partial charge on any atom is 0.501 e. The summed E-state index contributed by atoms with van der Waals surface area (Å²) in [5, 5.41) is 8.79. The summed E-state index contributed by atoms with van der Waals surface area (Å²) in [5.41, 5.74) is 0.344. The Morgan fingerprint density at radius 3 is 2.46 bits per heavy atom. The molecule has 3 aromatic carbocycles. The first kappa shape index (κ1) is 49.0. The van der Waals surface area contributed by atoms with E-state index in [4.69, 9.17) is 21.1 Å². The third kappa shape index (κ3) is 10.1. The van der Waals surface area contributed by atoms with Crippen molar-refractivity contribution >= 4 is 76.4 Å². The van der Waals surface area contributed by atoms with E-state index in [0.29, 0.717) is 73.8 Å². The average Bonchev–Trinajstić information content (AvgIpc) is 3.96. The molecule has 3 fully saturated rings. The zero-order valence-electron chi connectivity index (χ0n) is 39.0. The first-order valence-corrected chi connectivity index (χ1v) is 26.8. The molecule has 1 unspecified atom stereocenters. The minimum atomic E-state index is -6.10. The van der Waals surface area contributed by atoms with Gasteiger partial charge in [0.1, 0.15) is 16.1 Å². The maximum absolute atomic E-state index is 14.3. The Hall–Kier alpha value is -5.55. The minimum absolute atomic E-state index is 0.0716. The zero-order chi connectivity index (χ0) is 49.9. The number of H-pyrrole nitrogens is 1. The minimum Gasteiger partial charge on any atom is -0.381 e. The smallest absolute Gasteiger partial charge is 0.381 e. The number of halogens is 4. The number of hydrogen-bond acceptors (Lipinski definition) is 13. The van der Waals surface area contributed by atoms with E-state index in [0.717, 1.165) is 62.1 Å². The summed E-state index contributed by atoms with van der Waals surface area (Å²) in [6, 6.07) is 19.1. The molecule has 3 N–H and O–H groups in total. The number of sulfone groups is 1. The van der Waals surface area contributed by atoms with Crippen molar-refractivity contribution in [2.24, 2.45) is 5.41 Å². The third-order valence-corrected chi connectivity index (χ3v) is 17.1. The summed E-state index contributed by atoms with van der Waals surface area (Å²) in [6.07, 6.45) is 5.81. The molecular weight excluding hydrogens is 983 g/mol. The number of benzene rings is 3. The summed E-state index contributed by atoms with van der Waals surface area (Å²) in [5.74, 6) is -1.13. The van der Waals surface area contributed by atoms with Crippen LogP contribution in [0.5, 0.6) is 0 Å². The second-order valence-electron chi connectivity index (χ2n) is 19.4. The van der Waals surface area contributed by atoms with Crippen molar-refractivity contribution in [3.05, 3.63) is 107 Å². The van der Waals surface area contributed by atoms with Gasteiger partial charge >= 0.3 is 5.51 Å². The highest BCUT2D eigenvalue weighted by Gasteiger charge is 2.48. The molecule has 0 radical (unpaired) electrons. The second kappa shape index (κ2) is 19.1. The van der Waals surface area contributed by atoms with Gasteiger partial charge in [0.15, 0.2) is 0 Å². The molecule has 16 nitrogen and oxygen atoms in total. The number of carbonyl (C=O) groups excluding carboxylic acids is 1. The van der Waals surface area contributed by atoms with Crippen LogP contribution in [-0.4, -0.2) is 142 Å². The Labute approximate surface area is 414 Å². The molecule has 0 saturated carbocycles. The van der Waals surface area contributed by atoms with Gasteiger partial charge in [0.25, 0.3) is 25.8 Å². The molecule has 22 heteroatoms. The lowest BCUT2D eigenvalue weighted by molar-refractivity contribution is -0.111. The fraction of sp³-hybridized carbons (Fsp3) is 0.408. The number of allylic oxidation sites excluding steroid dienone is 1. The number of amides is 1. The number of carbonyl (C=O) groups is 1. The topological polar surface area (TPSA) is 184 Å². The molecule has 0 spiro atoms. The fourth-order valence-corrected chi connectivity index (χ4v) is 12.0. The lowest BCUT2D eigenvalue weighted by Crippen LogP contribution is -2.56. The van der Waals surface area contributed by atoms with E-state index in [2.05, 4.69) is 61.1 Å². The van der Waals surface area contributed by atoms with Crippen molar-refractivity contribution in [3.8, 4) is 5.69 Å². The molecular formula is C49H53ClF3N9O7S2. The van der Waals surface area contributed by atoms with Crippen molar-refractivity contribution in [2.45, 2.75) is 60.6 Å². The van der Waals surface area contributed by atoms with E-state index in [1.807, 2.05) is 29.0 Å². The number of anilines is 2. The number of sulfonamides is 1. The van der Waals surface area contributed by atoms with Gasteiger partial charge in [-0.1, -0.05) is 43.2 Å². The van der Waals surface area contributed by atoms with E-state index < -0.39 is 52.9 Å². The lowest BCUT2D eigenvalue weighted by atomic mass is 9.72. The summed E-state index contributed by atoms with van der Waals surface area (Å²) >= 11 is 6.25. The van der Waals surface area contributed by atoms with Crippen molar-refractivity contribution in [1.29, 1.82) is 0 Å². The normalized spacial score (nSPS) is 19.9. The molecule has 1 aliphatic carbocycles. The monoisotopic (exact) mass is 1040 g/mol. The van der Waals surface area contributed by atoms with Crippen LogP contribution in [0.4, 0.5) is 24.5 Å². The molecule has 1 amide bonds. The molecule has 6 aromatic rings. The Morgan fingerprint density at radius 2 is 1.73 bits per heavy atom. The molecule has 10 rings (SSSR count). The quantitative estimate of drug-likeness (QED) is 0.105. The highest BCUT2D eigenvalue weighted by molar-refractivity contribution is 7.92. The second-order valence-corrected chi connectivity index (χ2v) is 23.4. The molecule has 4 aliphatic rings. The van der Waals surface area contributed by atoms with Gasteiger partial charge in [-0.05, 0) is 96.5 Å². The molecule has 3 aromatic heterocycles. The van der Waals surface area contributed by atoms with Crippen LogP contribution < -0.4 is 14.9 Å². The molecule has 376 valence electrons. The highest BCUT2D eigenvalue weighted by Crippen LogP contribution is 2.44. The van der Waals surface area contributed by atoms with Gasteiger partial charge in [-0.2, -0.15) is 18.3 Å². The van der Waals surface area contributed by atoms with Crippen LogP contribution in [0, 0.1) is 5.41 Å². The van der Waals surface area contributed by atoms with Gasteiger partial charge in [-0.15, -0.1) is 0 Å². The third-order valence-electron chi connectivity index (χ3n) is 14.0. The molecule has 3 aliphatic heterocycles. The predicted molar refractivity (Wildman–Crippen MR) is 264 cm³/mol. The van der Waals surface area contributed by atoms with Crippen molar-refractivity contribution in [1.82, 2.24) is 34.3 Å². The van der Waals surface area contributed by atoms with E-state index in [1.54, 1.807) is 18.3 Å². The van der Waals surface area contributed by atoms with E-state index in [1.165, 1.54) is 33.7 Å². The summed E-state index contributed by atoms with van der Waals surface area (Å²) in [4.78, 5) is 26.6. The van der Waals surface area contributed by atoms with Crippen LogP contribution in [0.1, 0.15) is 49.0 Å². The zero-order valence-corrected chi connectivity index (χ0v) is 41.4. The highest BCUT2D eigenvalue weighted by atomic mass is 35.5. The van der Waals surface area contributed by atoms with Crippen LogP contribution in [-0.2, 0) is 29.3 Å². The van der Waals surface area contributed by atoms with E-state index >= 15 is 0 Å². The lowest BCUT2D eigenvalue weighted by Gasteiger charge is -2.42. The Morgan fingerprint density at radius 1 is 0.958 bits per heavy atom. The van der Waals surface area contributed by atoms with Crippen LogP contribution in [0.2, 0.25) is 5.02 Å². The van der Waals surface area contributed by atoms with E-state index in [9.17, 15) is 34.8 Å². The largest absolute Gasteiger partial charge is 0.501 e. The number of fused-ring (bicyclic) bond motifs is 2. The van der Waals surface area contributed by atoms with Gasteiger partial charge in [0.05, 0.1) is 65.5 Å². The SMILES string of the molecule is CC1(C)CCC(CN2CCN(c3ccc(C(=O)NS(=O)(=O)c4ccc(NCC5CN(C6COC6)CCO5)c(S(=O)(=O)C(F)(F)F)c4)c(-n4ncc5nc6[nH]ccc6cc54)c3)CC2)=C(c2ccc(Cl)cc2)C1. The molecule has 71 heavy (non-hydrogen) atoms. The Bertz CT molecular complexity index is 3260. The van der Waals surface area contributed by atoms with Gasteiger partial charge < -0.3 is 24.7 Å². The number of piperazine rings is 1. The number of pyridine rings is 1. The number of nitrogens with zero attached hydrogens (tertiary/aromatic N) is 6. The van der Waals surface area contributed by atoms with Gasteiger partial charge in [-0.3, -0.25) is 14.6 Å². The Kier molecular flexibility index (Phi) is 13.2. The first-order valence-electron chi connectivity index (χ1n) is 23.4. The number of alkyl halides is 3. The predicted octanol–water partition coefficient (Wildman–Crippen LogP) is 7.26. The van der Waals surface area contributed by atoms with Crippen molar-refractivity contribution in [2.75, 3.05) is 82.4 Å². The van der Waals surface area contributed by atoms with Crippen LogP contribution >= 0.6 is 11.6 Å². The summed E-state index contributed by atoms with van der Waals surface area (Å²) in [6.45, 7) is 10.7. The average molecular weight is 1040 g/mol. The van der Waals surface area contributed by atoms with Gasteiger partial charge in [0.2, 0.25) is 0 Å². The maximum atomic E-state index is 14.3. The number of aromatic nitrogens is 4. The number of aromatic amines is 1. The summed E-state index contributed by atoms with van der Waals surface area (Å²) in [7, 11) is -11.1. The van der Waals surface area contributed by atoms with Crippen molar-refractivity contribution in [3.63, 3.8) is 0 Å². The van der Waals surface area contributed by atoms with Gasteiger partial charge in [-0.25, -0.2) is 31.2 Å². The van der Waals surface area contributed by atoms with Crippen molar-refractivity contribution < 1.29 is 44.3 Å².